The molecule has 0 fully saturated rings. The largest absolute Gasteiger partial charge is 0.497 e. The molecule has 0 heterocycles. The van der Waals surface area contributed by atoms with Crippen LogP contribution < -0.4 is 33.3 Å². The lowest BCUT2D eigenvalue weighted by Crippen LogP contribution is -2.40. The molecule has 11 heteroatoms. The Balaban J connectivity index is 2.25. The molecule has 0 radical (unpaired) electrons. The number of methoxy groups -OCH3 is 5. The van der Waals surface area contributed by atoms with Crippen molar-refractivity contribution < 1.29 is 36.9 Å². The molecule has 0 aliphatic rings. The van der Waals surface area contributed by atoms with Crippen molar-refractivity contribution in [1.82, 2.24) is 5.32 Å². The fourth-order valence-electron chi connectivity index (χ4n) is 3.05. The fraction of sp³-hybridized carbons (Fsp3) is 0.381. The van der Waals surface area contributed by atoms with E-state index >= 15 is 0 Å². The van der Waals surface area contributed by atoms with E-state index in [-0.39, 0.29) is 18.0 Å². The van der Waals surface area contributed by atoms with Gasteiger partial charge in [-0.15, -0.1) is 0 Å². The van der Waals surface area contributed by atoms with E-state index in [1.165, 1.54) is 41.6 Å². The molecule has 0 atom stereocenters. The minimum Gasteiger partial charge on any atom is -0.497 e. The zero-order valence-electron chi connectivity index (χ0n) is 18.9. The number of sulfonamides is 1. The van der Waals surface area contributed by atoms with Crippen molar-refractivity contribution in [2.24, 2.45) is 0 Å². The average Bonchev–Trinajstić information content (AvgIpc) is 2.79. The topological polar surface area (TPSA) is 113 Å². The summed E-state index contributed by atoms with van der Waals surface area (Å²) in [5.41, 5.74) is 0.848. The van der Waals surface area contributed by atoms with Crippen molar-refractivity contribution in [1.29, 1.82) is 0 Å². The first-order valence-corrected chi connectivity index (χ1v) is 11.3. The van der Waals surface area contributed by atoms with E-state index in [0.29, 0.717) is 28.6 Å². The number of hydrogen-bond donors (Lipinski definition) is 1. The molecule has 176 valence electrons. The zero-order chi connectivity index (χ0) is 23.9. The van der Waals surface area contributed by atoms with Gasteiger partial charge in [0.05, 0.1) is 47.5 Å². The summed E-state index contributed by atoms with van der Waals surface area (Å²) in [6, 6.07) is 8.06. The Labute approximate surface area is 188 Å². The van der Waals surface area contributed by atoms with Crippen LogP contribution in [0.5, 0.6) is 28.7 Å². The maximum Gasteiger partial charge on any atom is 0.241 e. The van der Waals surface area contributed by atoms with Crippen LogP contribution in [-0.4, -0.2) is 62.7 Å². The highest BCUT2D eigenvalue weighted by Crippen LogP contribution is 2.39. The van der Waals surface area contributed by atoms with Gasteiger partial charge in [-0.05, 0) is 24.3 Å². The van der Waals surface area contributed by atoms with E-state index in [9.17, 15) is 13.2 Å². The fourth-order valence-corrected chi connectivity index (χ4v) is 3.91. The van der Waals surface area contributed by atoms with Gasteiger partial charge in [0.1, 0.15) is 18.0 Å². The molecule has 0 unspecified atom stereocenters. The van der Waals surface area contributed by atoms with E-state index in [1.54, 1.807) is 24.3 Å². The predicted molar refractivity (Wildman–Crippen MR) is 120 cm³/mol. The van der Waals surface area contributed by atoms with Crippen LogP contribution in [0.3, 0.4) is 0 Å². The van der Waals surface area contributed by atoms with Gasteiger partial charge >= 0.3 is 0 Å². The van der Waals surface area contributed by atoms with Crippen LogP contribution >= 0.6 is 0 Å². The van der Waals surface area contributed by atoms with E-state index in [0.717, 1.165) is 10.6 Å². The second-order valence-corrected chi connectivity index (χ2v) is 8.48. The molecule has 0 aliphatic carbocycles. The average molecular weight is 469 g/mol. The van der Waals surface area contributed by atoms with Gasteiger partial charge in [0, 0.05) is 18.2 Å². The highest BCUT2D eigenvalue weighted by molar-refractivity contribution is 7.92. The number of amides is 1. The van der Waals surface area contributed by atoms with E-state index < -0.39 is 22.5 Å². The van der Waals surface area contributed by atoms with Gasteiger partial charge in [-0.1, -0.05) is 0 Å². The molecule has 0 bridgehead atoms. The van der Waals surface area contributed by atoms with Crippen LogP contribution in [0.2, 0.25) is 0 Å². The number of nitrogens with one attached hydrogen (secondary N) is 1. The van der Waals surface area contributed by atoms with Crippen LogP contribution in [-0.2, 0) is 21.4 Å². The molecule has 0 saturated carbocycles. The molecule has 0 aliphatic heterocycles. The highest BCUT2D eigenvalue weighted by Gasteiger charge is 2.25. The van der Waals surface area contributed by atoms with Crippen LogP contribution in [0, 0.1) is 0 Å². The summed E-state index contributed by atoms with van der Waals surface area (Å²) in [6.45, 7) is -0.364. The van der Waals surface area contributed by atoms with E-state index in [4.69, 9.17) is 23.7 Å². The molecular formula is C21H28N2O8S. The Hall–Kier alpha value is -3.34. The van der Waals surface area contributed by atoms with Crippen LogP contribution in [0.15, 0.2) is 30.3 Å². The number of nitrogens with zero attached hydrogens (tertiary/aromatic N) is 1. The first kappa shape index (κ1) is 24.9. The van der Waals surface area contributed by atoms with Crippen molar-refractivity contribution >= 4 is 21.6 Å². The Kier molecular flexibility index (Phi) is 8.41. The number of ether oxygens (including phenoxy) is 5. The molecule has 0 saturated heterocycles. The van der Waals surface area contributed by atoms with Crippen molar-refractivity contribution in [2.45, 2.75) is 6.54 Å². The number of benzene rings is 2. The number of carbonyl (C=O) groups is 1. The molecule has 10 nitrogen and oxygen atoms in total. The molecular weight excluding hydrogens is 440 g/mol. The summed E-state index contributed by atoms with van der Waals surface area (Å²) >= 11 is 0. The Morgan fingerprint density at radius 1 is 0.875 bits per heavy atom. The Morgan fingerprint density at radius 2 is 1.53 bits per heavy atom. The van der Waals surface area contributed by atoms with Crippen molar-refractivity contribution in [3.8, 4) is 28.7 Å². The van der Waals surface area contributed by atoms with E-state index in [2.05, 4.69) is 5.32 Å². The highest BCUT2D eigenvalue weighted by atomic mass is 32.2. The monoisotopic (exact) mass is 468 g/mol. The molecule has 2 aromatic rings. The van der Waals surface area contributed by atoms with Crippen LogP contribution in [0.25, 0.3) is 0 Å². The van der Waals surface area contributed by atoms with Gasteiger partial charge in [-0.25, -0.2) is 8.42 Å². The first-order chi connectivity index (χ1) is 15.2. The number of hydrogen-bond acceptors (Lipinski definition) is 8. The zero-order valence-corrected chi connectivity index (χ0v) is 19.7. The Morgan fingerprint density at radius 3 is 2.06 bits per heavy atom. The van der Waals surface area contributed by atoms with Gasteiger partial charge in [-0.3, -0.25) is 9.10 Å². The standard InChI is InChI=1S/C21H28N2O8S/c1-27-15-8-9-16(18(11-15)29-3)23(32(6,25)26)13-19(24)22-12-14-7-10-17(28-2)21(31-5)20(14)30-4/h7-11H,12-13H2,1-6H3,(H,22,24). The second kappa shape index (κ2) is 10.8. The van der Waals surface area contributed by atoms with Gasteiger partial charge in [0.25, 0.3) is 0 Å². The summed E-state index contributed by atoms with van der Waals surface area (Å²) in [5, 5.41) is 2.71. The van der Waals surface area contributed by atoms with Crippen molar-refractivity contribution in [3.63, 3.8) is 0 Å². The number of rotatable bonds is 11. The molecule has 32 heavy (non-hydrogen) atoms. The Bertz CT molecular complexity index is 1060. The third-order valence-corrected chi connectivity index (χ3v) is 5.73. The van der Waals surface area contributed by atoms with Crippen molar-refractivity contribution in [2.75, 3.05) is 52.7 Å². The molecule has 2 rings (SSSR count). The number of anilines is 1. The minimum absolute atomic E-state index is 0.0830. The van der Waals surface area contributed by atoms with Gasteiger partial charge < -0.3 is 29.0 Å². The normalized spacial score (nSPS) is 10.8. The summed E-state index contributed by atoms with van der Waals surface area (Å²) in [5.74, 6) is 1.50. The summed E-state index contributed by atoms with van der Waals surface area (Å²) in [4.78, 5) is 12.7. The van der Waals surface area contributed by atoms with Crippen molar-refractivity contribution in [3.05, 3.63) is 35.9 Å². The number of carbonyl (C=O) groups excluding carboxylic acids is 1. The molecule has 2 aromatic carbocycles. The van der Waals surface area contributed by atoms with Crippen LogP contribution in [0.1, 0.15) is 5.56 Å². The molecule has 1 amide bonds. The summed E-state index contributed by atoms with van der Waals surface area (Å²) in [6.07, 6.45) is 1.02. The first-order valence-electron chi connectivity index (χ1n) is 9.44. The predicted octanol–water partition coefficient (Wildman–Crippen LogP) is 1.81. The molecule has 0 spiro atoms. The maximum absolute atomic E-state index is 12.7. The van der Waals surface area contributed by atoms with Crippen LogP contribution in [0.4, 0.5) is 5.69 Å². The molecule has 1 N–H and O–H groups in total. The third kappa shape index (κ3) is 5.67. The lowest BCUT2D eigenvalue weighted by Gasteiger charge is -2.24. The second-order valence-electron chi connectivity index (χ2n) is 6.58. The smallest absolute Gasteiger partial charge is 0.241 e. The quantitative estimate of drug-likeness (QED) is 0.531. The third-order valence-electron chi connectivity index (χ3n) is 4.60. The lowest BCUT2D eigenvalue weighted by atomic mass is 10.1. The van der Waals surface area contributed by atoms with Gasteiger partial charge in [-0.2, -0.15) is 0 Å². The van der Waals surface area contributed by atoms with Gasteiger partial charge in [0.2, 0.25) is 21.7 Å². The molecule has 0 aromatic heterocycles. The maximum atomic E-state index is 12.7. The summed E-state index contributed by atoms with van der Waals surface area (Å²) in [7, 11) is 3.56. The summed E-state index contributed by atoms with van der Waals surface area (Å²) < 4.78 is 52.3. The minimum atomic E-state index is -3.79. The SMILES string of the molecule is COc1ccc(N(CC(=O)NCc2ccc(OC)c(OC)c2OC)S(C)(=O)=O)c(OC)c1. The lowest BCUT2D eigenvalue weighted by molar-refractivity contribution is -0.119. The van der Waals surface area contributed by atoms with Gasteiger partial charge in [0.15, 0.2) is 11.5 Å². The van der Waals surface area contributed by atoms with E-state index in [1.807, 2.05) is 0 Å².